The topological polar surface area (TPSA) is 39.5 Å². The lowest BCUT2D eigenvalue weighted by atomic mass is 10.1. The number of amidine groups is 2. The molecule has 0 saturated carbocycles. The highest BCUT2D eigenvalue weighted by atomic mass is 32.1. The van der Waals surface area contributed by atoms with E-state index in [1.807, 2.05) is 43.4 Å². The van der Waals surface area contributed by atoms with Crippen molar-refractivity contribution in [1.29, 1.82) is 5.41 Å². The van der Waals surface area contributed by atoms with E-state index in [1.54, 1.807) is 11.3 Å². The molecule has 0 bridgehead atoms. The van der Waals surface area contributed by atoms with E-state index in [9.17, 15) is 0 Å². The van der Waals surface area contributed by atoms with Crippen LogP contribution in [0.4, 0.5) is 0 Å². The Morgan fingerprint density at radius 1 is 0.857 bits per heavy atom. The number of nitrogens with one attached hydrogen (secondary N) is 1. The second-order valence-electron chi connectivity index (χ2n) is 7.16. The monoisotopic (exact) mass is 385 g/mol. The van der Waals surface area contributed by atoms with Crippen LogP contribution in [0, 0.1) is 5.41 Å². The average Bonchev–Trinajstić information content (AvgIpc) is 3.09. The van der Waals surface area contributed by atoms with E-state index in [-0.39, 0.29) is 11.9 Å². The van der Waals surface area contributed by atoms with Crippen molar-refractivity contribution in [2.75, 3.05) is 7.05 Å². The zero-order valence-electron chi connectivity index (χ0n) is 16.3. The lowest BCUT2D eigenvalue weighted by Gasteiger charge is -2.25. The molecule has 3 aromatic carbocycles. The maximum absolute atomic E-state index is 8.64. The molecule has 1 heterocycles. The molecule has 4 aromatic rings. The molecule has 0 aliphatic heterocycles. The third kappa shape index (κ3) is 3.43. The van der Waals surface area contributed by atoms with Gasteiger partial charge in [0.05, 0.1) is 0 Å². The minimum Gasteiger partial charge on any atom is -0.357 e. The van der Waals surface area contributed by atoms with Crippen molar-refractivity contribution < 1.29 is 0 Å². The summed E-state index contributed by atoms with van der Waals surface area (Å²) in [6.45, 7) is 4.26. The van der Waals surface area contributed by atoms with Crippen molar-refractivity contribution in [3.8, 4) is 0 Å². The summed E-state index contributed by atoms with van der Waals surface area (Å²) in [6, 6.07) is 25.0. The van der Waals surface area contributed by atoms with Gasteiger partial charge in [0.25, 0.3) is 0 Å². The molecule has 3 nitrogen and oxygen atoms in total. The van der Waals surface area contributed by atoms with Gasteiger partial charge >= 0.3 is 0 Å². The van der Waals surface area contributed by atoms with E-state index in [4.69, 9.17) is 10.4 Å². The van der Waals surface area contributed by atoms with Crippen LogP contribution < -0.4 is 0 Å². The Labute approximate surface area is 169 Å². The summed E-state index contributed by atoms with van der Waals surface area (Å²) in [5, 5.41) is 11.2. The van der Waals surface area contributed by atoms with Crippen LogP contribution in [0.3, 0.4) is 0 Å². The summed E-state index contributed by atoms with van der Waals surface area (Å²) in [4.78, 5) is 6.84. The molecule has 140 valence electrons. The molecule has 0 saturated heterocycles. The van der Waals surface area contributed by atoms with E-state index < -0.39 is 0 Å². The van der Waals surface area contributed by atoms with Crippen molar-refractivity contribution in [1.82, 2.24) is 4.90 Å². The van der Waals surface area contributed by atoms with Crippen LogP contribution in [0.25, 0.3) is 20.2 Å². The Hall–Kier alpha value is -2.98. The van der Waals surface area contributed by atoms with E-state index in [0.717, 1.165) is 17.0 Å². The smallest absolute Gasteiger partial charge is 0.154 e. The first-order valence-corrected chi connectivity index (χ1v) is 10.2. The lowest BCUT2D eigenvalue weighted by Crippen LogP contribution is -2.34. The minimum atomic E-state index is 0.283. The van der Waals surface area contributed by atoms with Crippen LogP contribution >= 0.6 is 11.3 Å². The van der Waals surface area contributed by atoms with Crippen LogP contribution in [0.15, 0.2) is 77.8 Å². The van der Waals surface area contributed by atoms with Gasteiger partial charge in [0, 0.05) is 44.4 Å². The molecule has 0 fully saturated rings. The van der Waals surface area contributed by atoms with Gasteiger partial charge in [-0.15, -0.1) is 11.3 Å². The lowest BCUT2D eigenvalue weighted by molar-refractivity contribution is 0.418. The highest BCUT2D eigenvalue weighted by Gasteiger charge is 2.14. The number of rotatable bonds is 3. The molecule has 0 radical (unpaired) electrons. The number of benzene rings is 3. The number of nitrogens with zero attached hydrogens (tertiary/aromatic N) is 2. The second kappa shape index (κ2) is 7.56. The summed E-state index contributed by atoms with van der Waals surface area (Å²) in [6.07, 6.45) is 0. The molecular formula is C24H23N3S. The summed E-state index contributed by atoms with van der Waals surface area (Å²) >= 11 is 1.76. The van der Waals surface area contributed by atoms with E-state index >= 15 is 0 Å². The zero-order chi connectivity index (χ0) is 19.7. The number of hydrogen-bond acceptors (Lipinski definition) is 2. The molecule has 0 spiro atoms. The molecule has 1 N–H and O–H groups in total. The number of hydrogen-bond donors (Lipinski definition) is 1. The van der Waals surface area contributed by atoms with Gasteiger partial charge in [-0.25, -0.2) is 4.99 Å². The Balaban J connectivity index is 1.76. The van der Waals surface area contributed by atoms with Gasteiger partial charge in [0.2, 0.25) is 0 Å². The summed E-state index contributed by atoms with van der Waals surface area (Å²) in [5.74, 6) is 1.10. The van der Waals surface area contributed by atoms with Gasteiger partial charge in [-0.2, -0.15) is 0 Å². The van der Waals surface area contributed by atoms with E-state index in [1.165, 1.54) is 20.2 Å². The molecule has 0 aliphatic carbocycles. The SMILES string of the molecule is CC(C)N(C)/C(=N\C(=N)c1ccc2c(c1)sc1ccccc12)c1ccccc1. The fourth-order valence-electron chi connectivity index (χ4n) is 3.22. The first kappa shape index (κ1) is 18.4. The molecule has 28 heavy (non-hydrogen) atoms. The Bertz CT molecular complexity index is 1170. The highest BCUT2D eigenvalue weighted by Crippen LogP contribution is 2.34. The van der Waals surface area contributed by atoms with E-state index in [2.05, 4.69) is 55.1 Å². The Kier molecular flexibility index (Phi) is 4.97. The van der Waals surface area contributed by atoms with Gasteiger partial charge in [-0.05, 0) is 26.0 Å². The standard InChI is InChI=1S/C24H23N3S/c1-16(2)27(3)24(17-9-5-4-6-10-17)26-23(25)18-13-14-20-19-11-7-8-12-21(19)28-22(20)15-18/h4-16,25H,1-3H3/b25-23?,26-24-. The fraction of sp³-hybridized carbons (Fsp3) is 0.167. The van der Waals surface area contributed by atoms with Gasteiger partial charge in [0.15, 0.2) is 5.84 Å². The average molecular weight is 386 g/mol. The largest absolute Gasteiger partial charge is 0.357 e. The first-order chi connectivity index (χ1) is 13.5. The van der Waals surface area contributed by atoms with Gasteiger partial charge < -0.3 is 4.90 Å². The molecule has 4 rings (SSSR count). The zero-order valence-corrected chi connectivity index (χ0v) is 17.1. The summed E-state index contributed by atoms with van der Waals surface area (Å²) in [5.41, 5.74) is 1.86. The highest BCUT2D eigenvalue weighted by molar-refractivity contribution is 7.25. The number of aliphatic imine (C=N–C) groups is 1. The van der Waals surface area contributed by atoms with E-state index in [0.29, 0.717) is 0 Å². The van der Waals surface area contributed by atoms with Crippen LogP contribution in [0.2, 0.25) is 0 Å². The molecular weight excluding hydrogens is 362 g/mol. The maximum atomic E-state index is 8.64. The van der Waals surface area contributed by atoms with Crippen molar-refractivity contribution >= 4 is 43.2 Å². The van der Waals surface area contributed by atoms with Gasteiger partial charge in [-0.1, -0.05) is 60.7 Å². The van der Waals surface area contributed by atoms with Crippen molar-refractivity contribution in [3.05, 3.63) is 83.9 Å². The van der Waals surface area contributed by atoms with Gasteiger partial charge in [0.1, 0.15) is 5.84 Å². The van der Waals surface area contributed by atoms with Crippen molar-refractivity contribution in [2.24, 2.45) is 4.99 Å². The van der Waals surface area contributed by atoms with Crippen LogP contribution in [-0.4, -0.2) is 29.7 Å². The number of fused-ring (bicyclic) bond motifs is 3. The van der Waals surface area contributed by atoms with Crippen LogP contribution in [-0.2, 0) is 0 Å². The van der Waals surface area contributed by atoms with Crippen LogP contribution in [0.5, 0.6) is 0 Å². The molecule has 0 amide bonds. The molecule has 1 aromatic heterocycles. The van der Waals surface area contributed by atoms with Crippen molar-refractivity contribution in [3.63, 3.8) is 0 Å². The third-order valence-electron chi connectivity index (χ3n) is 5.01. The van der Waals surface area contributed by atoms with Crippen LogP contribution in [0.1, 0.15) is 25.0 Å². The van der Waals surface area contributed by atoms with Crippen molar-refractivity contribution in [2.45, 2.75) is 19.9 Å². The minimum absolute atomic E-state index is 0.283. The predicted octanol–water partition coefficient (Wildman–Crippen LogP) is 6.17. The quantitative estimate of drug-likeness (QED) is 0.332. The first-order valence-electron chi connectivity index (χ1n) is 9.42. The fourth-order valence-corrected chi connectivity index (χ4v) is 4.37. The Morgan fingerprint density at radius 3 is 2.29 bits per heavy atom. The molecule has 4 heteroatoms. The second-order valence-corrected chi connectivity index (χ2v) is 8.25. The summed E-state index contributed by atoms with van der Waals surface area (Å²) in [7, 11) is 2.03. The molecule has 0 unspecified atom stereocenters. The third-order valence-corrected chi connectivity index (χ3v) is 6.14. The molecule has 0 atom stereocenters. The summed E-state index contributed by atoms with van der Waals surface area (Å²) < 4.78 is 2.46. The predicted molar refractivity (Wildman–Crippen MR) is 122 cm³/mol. The van der Waals surface area contributed by atoms with Gasteiger partial charge in [-0.3, -0.25) is 5.41 Å². The maximum Gasteiger partial charge on any atom is 0.154 e. The normalized spacial score (nSPS) is 12.1. The molecule has 0 aliphatic rings. The Morgan fingerprint density at radius 2 is 1.54 bits per heavy atom. The number of thiophene rings is 1.